The van der Waals surface area contributed by atoms with Crippen LogP contribution in [-0.4, -0.2) is 17.2 Å². The van der Waals surface area contributed by atoms with Crippen LogP contribution in [0.3, 0.4) is 0 Å². The van der Waals surface area contributed by atoms with Crippen LogP contribution in [0.25, 0.3) is 0 Å². The summed E-state index contributed by atoms with van der Waals surface area (Å²) in [6.45, 7) is 0.902. The number of rotatable bonds is 2. The molecule has 0 unspecified atom stereocenters. The number of fused-ring (bicyclic) bond motifs is 1. The van der Waals surface area contributed by atoms with E-state index < -0.39 is 0 Å². The number of nitrogens with zero attached hydrogens (tertiary/aromatic N) is 2. The minimum Gasteiger partial charge on any atom is -0.288 e. The molecule has 0 spiro atoms. The minimum atomic E-state index is 0.831. The van der Waals surface area contributed by atoms with Gasteiger partial charge < -0.3 is 0 Å². The number of benzene rings is 1. The molecule has 0 aliphatic carbocycles. The lowest BCUT2D eigenvalue weighted by Gasteiger charge is -2.16. The van der Waals surface area contributed by atoms with Gasteiger partial charge in [-0.2, -0.15) is 0 Å². The van der Waals surface area contributed by atoms with Crippen molar-refractivity contribution in [2.75, 3.05) is 6.54 Å². The van der Waals surface area contributed by atoms with Gasteiger partial charge in [0.05, 0.1) is 0 Å². The van der Waals surface area contributed by atoms with E-state index >= 15 is 0 Å². The number of pyridine rings is 1. The summed E-state index contributed by atoms with van der Waals surface area (Å²) in [6.07, 6.45) is 3.73. The second-order valence-electron chi connectivity index (χ2n) is 4.23. The van der Waals surface area contributed by atoms with Gasteiger partial charge in [-0.1, -0.05) is 30.3 Å². The molecule has 0 radical (unpaired) electrons. The smallest absolute Gasteiger partial charge is 0.0482 e. The van der Waals surface area contributed by atoms with Gasteiger partial charge in [0.25, 0.3) is 0 Å². The number of aromatic nitrogens is 1. The van der Waals surface area contributed by atoms with Gasteiger partial charge in [-0.15, -0.1) is 0 Å². The highest BCUT2D eigenvalue weighted by Crippen LogP contribution is 2.17. The summed E-state index contributed by atoms with van der Waals surface area (Å²) in [6, 6.07) is 14.6. The van der Waals surface area contributed by atoms with Crippen molar-refractivity contribution in [3.63, 3.8) is 0 Å². The van der Waals surface area contributed by atoms with Crippen LogP contribution in [0.15, 0.2) is 53.7 Å². The van der Waals surface area contributed by atoms with E-state index in [9.17, 15) is 0 Å². The fraction of sp³-hybridized carbons (Fsp3) is 0.200. The molecular formula is C15H14N2. The molecule has 2 aromatic rings. The van der Waals surface area contributed by atoms with Gasteiger partial charge in [-0.05, 0) is 29.7 Å². The molecule has 1 aromatic heterocycles. The Balaban J connectivity index is 1.92. The lowest BCUT2D eigenvalue weighted by atomic mass is 9.95. The predicted octanol–water partition coefficient (Wildman–Crippen LogP) is 2.67. The number of hydrogen-bond donors (Lipinski definition) is 0. The quantitative estimate of drug-likeness (QED) is 0.767. The van der Waals surface area contributed by atoms with E-state index in [2.05, 4.69) is 40.3 Å². The van der Waals surface area contributed by atoms with Gasteiger partial charge in [-0.3, -0.25) is 9.98 Å². The summed E-state index contributed by atoms with van der Waals surface area (Å²) in [5, 5.41) is 0. The molecular weight excluding hydrogens is 208 g/mol. The van der Waals surface area contributed by atoms with E-state index in [0.29, 0.717) is 0 Å². The molecule has 0 amide bonds. The lowest BCUT2D eigenvalue weighted by Crippen LogP contribution is -2.15. The van der Waals surface area contributed by atoms with Crippen molar-refractivity contribution in [3.8, 4) is 0 Å². The molecule has 84 valence electrons. The molecule has 1 aliphatic heterocycles. The Hall–Kier alpha value is -1.96. The first-order valence-electron chi connectivity index (χ1n) is 5.95. The molecule has 0 bridgehead atoms. The summed E-state index contributed by atoms with van der Waals surface area (Å²) in [5.41, 5.74) is 4.96. The second kappa shape index (κ2) is 4.50. The van der Waals surface area contributed by atoms with Crippen LogP contribution in [0.4, 0.5) is 0 Å². The van der Waals surface area contributed by atoms with E-state index in [0.717, 1.165) is 25.1 Å². The molecule has 2 heterocycles. The summed E-state index contributed by atoms with van der Waals surface area (Å²) in [5.74, 6) is 0. The van der Waals surface area contributed by atoms with Crippen molar-refractivity contribution >= 4 is 5.71 Å². The van der Waals surface area contributed by atoms with Gasteiger partial charge in [0.1, 0.15) is 0 Å². The Morgan fingerprint density at radius 2 is 1.88 bits per heavy atom. The fourth-order valence-electron chi connectivity index (χ4n) is 2.24. The SMILES string of the molecule is c1ccc(CC2=NCCc3ccccc32)nc1. The lowest BCUT2D eigenvalue weighted by molar-refractivity contribution is 0.930. The molecule has 0 fully saturated rings. The van der Waals surface area contributed by atoms with Crippen LogP contribution >= 0.6 is 0 Å². The number of aliphatic imine (C=N–C) groups is 1. The standard InChI is InChI=1S/C15H14N2/c1-2-7-14-12(5-1)8-10-17-15(14)11-13-6-3-4-9-16-13/h1-7,9H,8,10-11H2. The zero-order chi connectivity index (χ0) is 11.5. The third kappa shape index (κ3) is 2.11. The first-order valence-corrected chi connectivity index (χ1v) is 5.95. The van der Waals surface area contributed by atoms with E-state index in [1.165, 1.54) is 16.8 Å². The Morgan fingerprint density at radius 3 is 2.76 bits per heavy atom. The highest BCUT2D eigenvalue weighted by molar-refractivity contribution is 6.03. The average molecular weight is 222 g/mol. The third-order valence-electron chi connectivity index (χ3n) is 3.09. The topological polar surface area (TPSA) is 25.2 Å². The maximum atomic E-state index is 4.64. The van der Waals surface area contributed by atoms with Gasteiger partial charge in [-0.25, -0.2) is 0 Å². The highest BCUT2D eigenvalue weighted by Gasteiger charge is 2.13. The summed E-state index contributed by atoms with van der Waals surface area (Å²) in [7, 11) is 0. The van der Waals surface area contributed by atoms with Gasteiger partial charge in [0.15, 0.2) is 0 Å². The average Bonchev–Trinajstić information content (AvgIpc) is 2.40. The first kappa shape index (κ1) is 10.2. The summed E-state index contributed by atoms with van der Waals surface area (Å²) >= 11 is 0. The largest absolute Gasteiger partial charge is 0.288 e. The van der Waals surface area contributed by atoms with Gasteiger partial charge in [0.2, 0.25) is 0 Å². The van der Waals surface area contributed by atoms with Crippen molar-refractivity contribution in [1.29, 1.82) is 0 Å². The molecule has 1 aromatic carbocycles. The predicted molar refractivity (Wildman–Crippen MR) is 69.5 cm³/mol. The van der Waals surface area contributed by atoms with E-state index in [4.69, 9.17) is 0 Å². The van der Waals surface area contributed by atoms with E-state index in [1.54, 1.807) is 0 Å². The second-order valence-corrected chi connectivity index (χ2v) is 4.23. The summed E-state index contributed by atoms with van der Waals surface area (Å²) in [4.78, 5) is 9.01. The van der Waals surface area contributed by atoms with Crippen molar-refractivity contribution < 1.29 is 0 Å². The molecule has 1 aliphatic rings. The van der Waals surface area contributed by atoms with Gasteiger partial charge in [0, 0.05) is 30.6 Å². The molecule has 0 saturated carbocycles. The first-order chi connectivity index (χ1) is 8.43. The van der Waals surface area contributed by atoms with Crippen molar-refractivity contribution in [2.45, 2.75) is 12.8 Å². The monoisotopic (exact) mass is 222 g/mol. The third-order valence-corrected chi connectivity index (χ3v) is 3.09. The van der Waals surface area contributed by atoms with Crippen LogP contribution in [0.5, 0.6) is 0 Å². The molecule has 3 rings (SSSR count). The van der Waals surface area contributed by atoms with Crippen molar-refractivity contribution in [1.82, 2.24) is 4.98 Å². The molecule has 2 heteroatoms. The minimum absolute atomic E-state index is 0.831. The fourth-order valence-corrected chi connectivity index (χ4v) is 2.24. The van der Waals surface area contributed by atoms with E-state index in [1.807, 2.05) is 18.3 Å². The van der Waals surface area contributed by atoms with Crippen LogP contribution in [0.1, 0.15) is 16.8 Å². The zero-order valence-electron chi connectivity index (χ0n) is 9.63. The normalized spacial score (nSPS) is 14.0. The maximum absolute atomic E-state index is 4.64. The van der Waals surface area contributed by atoms with Crippen molar-refractivity contribution in [2.24, 2.45) is 4.99 Å². The van der Waals surface area contributed by atoms with Crippen LogP contribution in [-0.2, 0) is 12.8 Å². The molecule has 17 heavy (non-hydrogen) atoms. The number of hydrogen-bond acceptors (Lipinski definition) is 2. The highest BCUT2D eigenvalue weighted by atomic mass is 14.8. The Labute approximate surface area is 101 Å². The molecule has 2 nitrogen and oxygen atoms in total. The van der Waals surface area contributed by atoms with E-state index in [-0.39, 0.29) is 0 Å². The zero-order valence-corrected chi connectivity index (χ0v) is 9.63. The maximum Gasteiger partial charge on any atom is 0.0482 e. The summed E-state index contributed by atoms with van der Waals surface area (Å²) < 4.78 is 0. The molecule has 0 N–H and O–H groups in total. The van der Waals surface area contributed by atoms with Crippen LogP contribution in [0, 0.1) is 0 Å². The van der Waals surface area contributed by atoms with Crippen LogP contribution in [0.2, 0.25) is 0 Å². The molecule has 0 saturated heterocycles. The Bertz CT molecular complexity index is 544. The van der Waals surface area contributed by atoms with Crippen molar-refractivity contribution in [3.05, 3.63) is 65.5 Å². The Morgan fingerprint density at radius 1 is 1.00 bits per heavy atom. The van der Waals surface area contributed by atoms with Gasteiger partial charge >= 0.3 is 0 Å². The van der Waals surface area contributed by atoms with Crippen LogP contribution < -0.4 is 0 Å². The molecule has 0 atom stereocenters. The Kier molecular flexibility index (Phi) is 2.70.